The maximum Gasteiger partial charge on any atom is 0.332 e. The second-order valence-corrected chi connectivity index (χ2v) is 4.85. The smallest absolute Gasteiger partial charge is 0.332 e. The van der Waals surface area contributed by atoms with Crippen molar-refractivity contribution in [3.8, 4) is 5.75 Å². The molecule has 0 aromatic heterocycles. The molecule has 1 N–H and O–H groups in total. The van der Waals surface area contributed by atoms with Crippen LogP contribution in [0.1, 0.15) is 11.1 Å². The van der Waals surface area contributed by atoms with E-state index in [-0.39, 0.29) is 6.54 Å². The van der Waals surface area contributed by atoms with E-state index in [1.54, 1.807) is 0 Å². The standard InChI is InChI=1S/C18H19NO4/c1-22-18(20)11-12-19(21)13-15-7-9-17(10-8-15)23-14-16-5-3-2-4-6-16/h2-12,21H,13-14H2,1H3/b12-11-. The van der Waals surface area contributed by atoms with Crippen molar-refractivity contribution in [2.75, 3.05) is 7.11 Å². The van der Waals surface area contributed by atoms with Gasteiger partial charge in [0.25, 0.3) is 0 Å². The molecule has 2 aromatic carbocycles. The molecule has 0 spiro atoms. The van der Waals surface area contributed by atoms with E-state index in [1.807, 2.05) is 54.6 Å². The fraction of sp³-hybridized carbons (Fsp3) is 0.167. The summed E-state index contributed by atoms with van der Waals surface area (Å²) in [6, 6.07) is 17.3. The highest BCUT2D eigenvalue weighted by Crippen LogP contribution is 2.15. The van der Waals surface area contributed by atoms with E-state index in [9.17, 15) is 10.0 Å². The van der Waals surface area contributed by atoms with Gasteiger partial charge in [0.15, 0.2) is 0 Å². The topological polar surface area (TPSA) is 59.0 Å². The molecular formula is C18H19NO4. The zero-order valence-corrected chi connectivity index (χ0v) is 12.9. The van der Waals surface area contributed by atoms with Gasteiger partial charge in [0.1, 0.15) is 12.4 Å². The number of methoxy groups -OCH3 is 1. The lowest BCUT2D eigenvalue weighted by Crippen LogP contribution is -2.12. The Labute approximate surface area is 135 Å². The van der Waals surface area contributed by atoms with Crippen molar-refractivity contribution in [1.82, 2.24) is 5.06 Å². The predicted molar refractivity (Wildman–Crippen MR) is 85.7 cm³/mol. The van der Waals surface area contributed by atoms with Gasteiger partial charge in [0, 0.05) is 12.3 Å². The van der Waals surface area contributed by atoms with E-state index in [1.165, 1.54) is 13.3 Å². The van der Waals surface area contributed by atoms with Gasteiger partial charge in [-0.15, -0.1) is 0 Å². The minimum Gasteiger partial charge on any atom is -0.489 e. The van der Waals surface area contributed by atoms with Crippen molar-refractivity contribution in [2.45, 2.75) is 13.2 Å². The molecule has 0 saturated heterocycles. The molecule has 0 amide bonds. The highest BCUT2D eigenvalue weighted by molar-refractivity contribution is 5.81. The molecule has 23 heavy (non-hydrogen) atoms. The Balaban J connectivity index is 1.84. The van der Waals surface area contributed by atoms with Crippen LogP contribution >= 0.6 is 0 Å². The van der Waals surface area contributed by atoms with Crippen LogP contribution in [0.4, 0.5) is 0 Å². The number of esters is 1. The van der Waals surface area contributed by atoms with Crippen molar-refractivity contribution in [2.24, 2.45) is 0 Å². The van der Waals surface area contributed by atoms with Crippen LogP contribution in [0.15, 0.2) is 66.9 Å². The molecule has 0 unspecified atom stereocenters. The maximum atomic E-state index is 10.9. The fourth-order valence-corrected chi connectivity index (χ4v) is 1.89. The van der Waals surface area contributed by atoms with Crippen LogP contribution in [-0.4, -0.2) is 23.3 Å². The summed E-state index contributed by atoms with van der Waals surface area (Å²) in [4.78, 5) is 10.9. The third-order valence-electron chi connectivity index (χ3n) is 3.10. The number of hydrogen-bond acceptors (Lipinski definition) is 5. The largest absolute Gasteiger partial charge is 0.489 e. The van der Waals surface area contributed by atoms with Crippen LogP contribution in [0, 0.1) is 0 Å². The van der Waals surface area contributed by atoms with Gasteiger partial charge >= 0.3 is 5.97 Å². The molecule has 0 aliphatic carbocycles. The Morgan fingerprint density at radius 3 is 2.43 bits per heavy atom. The Morgan fingerprint density at radius 1 is 1.09 bits per heavy atom. The highest BCUT2D eigenvalue weighted by Gasteiger charge is 2.01. The van der Waals surface area contributed by atoms with E-state index < -0.39 is 5.97 Å². The monoisotopic (exact) mass is 313 g/mol. The number of carbonyl (C=O) groups is 1. The van der Waals surface area contributed by atoms with E-state index >= 15 is 0 Å². The second-order valence-electron chi connectivity index (χ2n) is 4.85. The summed E-state index contributed by atoms with van der Waals surface area (Å²) in [7, 11) is 1.28. The lowest BCUT2D eigenvalue weighted by Gasteiger charge is -2.12. The fourth-order valence-electron chi connectivity index (χ4n) is 1.89. The molecule has 0 fully saturated rings. The minimum absolute atomic E-state index is 0.256. The van der Waals surface area contributed by atoms with Gasteiger partial charge in [-0.3, -0.25) is 10.3 Å². The molecule has 0 radical (unpaired) electrons. The van der Waals surface area contributed by atoms with Crippen LogP contribution in [0.5, 0.6) is 5.75 Å². The molecule has 0 heterocycles. The number of benzene rings is 2. The Hall–Kier alpha value is -2.79. The van der Waals surface area contributed by atoms with Crippen LogP contribution in [0.2, 0.25) is 0 Å². The first-order valence-electron chi connectivity index (χ1n) is 7.14. The molecule has 0 aliphatic rings. The van der Waals surface area contributed by atoms with Gasteiger partial charge in [-0.2, -0.15) is 0 Å². The van der Waals surface area contributed by atoms with Gasteiger partial charge in [0.2, 0.25) is 0 Å². The van der Waals surface area contributed by atoms with Crippen LogP contribution in [0.3, 0.4) is 0 Å². The molecule has 2 rings (SSSR count). The first kappa shape index (κ1) is 16.6. The molecule has 2 aromatic rings. The van der Waals surface area contributed by atoms with Gasteiger partial charge in [-0.05, 0) is 23.3 Å². The Morgan fingerprint density at radius 2 is 1.78 bits per heavy atom. The summed E-state index contributed by atoms with van der Waals surface area (Å²) < 4.78 is 10.1. The third kappa shape index (κ3) is 5.84. The normalized spacial score (nSPS) is 10.5. The van der Waals surface area contributed by atoms with Crippen LogP contribution < -0.4 is 4.74 Å². The van der Waals surface area contributed by atoms with Gasteiger partial charge in [-0.1, -0.05) is 42.5 Å². The Kier molecular flexibility index (Phi) is 6.20. The SMILES string of the molecule is COC(=O)/C=C\N(O)Cc1ccc(OCc2ccccc2)cc1. The molecule has 0 aliphatic heterocycles. The lowest BCUT2D eigenvalue weighted by molar-refractivity contribution is -0.135. The first-order chi connectivity index (χ1) is 11.2. The number of carbonyl (C=O) groups excluding carboxylic acids is 1. The van der Waals surface area contributed by atoms with E-state index in [0.717, 1.165) is 28.0 Å². The summed E-state index contributed by atoms with van der Waals surface area (Å²) in [6.07, 6.45) is 2.41. The minimum atomic E-state index is -0.520. The molecule has 0 saturated carbocycles. The summed E-state index contributed by atoms with van der Waals surface area (Å²) in [5.74, 6) is 0.237. The average molecular weight is 313 g/mol. The molecule has 5 nitrogen and oxygen atoms in total. The third-order valence-corrected chi connectivity index (χ3v) is 3.10. The van der Waals surface area contributed by atoms with Crippen molar-refractivity contribution in [3.63, 3.8) is 0 Å². The quantitative estimate of drug-likeness (QED) is 0.483. The number of rotatable bonds is 7. The second kappa shape index (κ2) is 8.60. The zero-order valence-electron chi connectivity index (χ0n) is 12.9. The van der Waals surface area contributed by atoms with Gasteiger partial charge in [0.05, 0.1) is 13.7 Å². The van der Waals surface area contributed by atoms with E-state index in [4.69, 9.17) is 4.74 Å². The van der Waals surface area contributed by atoms with Crippen molar-refractivity contribution < 1.29 is 19.5 Å². The number of hydroxylamine groups is 2. The van der Waals surface area contributed by atoms with Crippen molar-refractivity contribution in [1.29, 1.82) is 0 Å². The summed E-state index contributed by atoms with van der Waals surface area (Å²) in [5, 5.41) is 10.6. The Bertz CT molecular complexity index is 638. The van der Waals surface area contributed by atoms with E-state index in [0.29, 0.717) is 6.61 Å². The summed E-state index contributed by atoms with van der Waals surface area (Å²) in [5.41, 5.74) is 1.99. The van der Waals surface area contributed by atoms with Crippen molar-refractivity contribution in [3.05, 3.63) is 78.0 Å². The summed E-state index contributed by atoms with van der Waals surface area (Å²) in [6.45, 7) is 0.765. The maximum absolute atomic E-state index is 10.9. The number of nitrogens with zero attached hydrogens (tertiary/aromatic N) is 1. The first-order valence-corrected chi connectivity index (χ1v) is 7.14. The molecule has 0 bridgehead atoms. The van der Waals surface area contributed by atoms with Gasteiger partial charge in [-0.25, -0.2) is 4.79 Å². The number of ether oxygens (including phenoxy) is 2. The molecule has 5 heteroatoms. The van der Waals surface area contributed by atoms with Crippen LogP contribution in [0.25, 0.3) is 0 Å². The predicted octanol–water partition coefficient (Wildman–Crippen LogP) is 3.14. The van der Waals surface area contributed by atoms with Crippen molar-refractivity contribution >= 4 is 5.97 Å². The molecular weight excluding hydrogens is 294 g/mol. The van der Waals surface area contributed by atoms with Gasteiger partial charge < -0.3 is 9.47 Å². The zero-order chi connectivity index (χ0) is 16.5. The summed E-state index contributed by atoms with van der Waals surface area (Å²) >= 11 is 0. The molecule has 0 atom stereocenters. The highest BCUT2D eigenvalue weighted by atomic mass is 16.5. The molecule has 120 valence electrons. The average Bonchev–Trinajstić information content (AvgIpc) is 2.60. The number of hydrogen-bond donors (Lipinski definition) is 1. The lowest BCUT2D eigenvalue weighted by atomic mass is 10.2. The van der Waals surface area contributed by atoms with E-state index in [2.05, 4.69) is 4.74 Å². The van der Waals surface area contributed by atoms with Crippen LogP contribution in [-0.2, 0) is 22.7 Å².